The molecule has 0 saturated heterocycles. The Morgan fingerprint density at radius 2 is 1.90 bits per heavy atom. The lowest BCUT2D eigenvalue weighted by atomic mass is 10.0. The van der Waals surface area contributed by atoms with Crippen LogP contribution in [-0.2, 0) is 11.3 Å². The number of hydrogen-bond acceptors (Lipinski definition) is 7. The van der Waals surface area contributed by atoms with Crippen LogP contribution in [0.5, 0.6) is 0 Å². The Bertz CT molecular complexity index is 1430. The van der Waals surface area contributed by atoms with Crippen LogP contribution in [0.1, 0.15) is 38.8 Å². The predicted molar refractivity (Wildman–Crippen MR) is 116 cm³/mol. The van der Waals surface area contributed by atoms with Crippen LogP contribution in [0.25, 0.3) is 21.2 Å². The monoisotopic (exact) mass is 424 g/mol. The summed E-state index contributed by atoms with van der Waals surface area (Å²) in [6.07, 6.45) is 1.44. The van der Waals surface area contributed by atoms with Gasteiger partial charge in [0.05, 0.1) is 24.9 Å². The van der Waals surface area contributed by atoms with Crippen LogP contribution in [0.4, 0.5) is 0 Å². The van der Waals surface area contributed by atoms with Crippen molar-refractivity contribution in [3.63, 3.8) is 0 Å². The minimum Gasteiger partial charge on any atom is -0.462 e. The average Bonchev–Trinajstić information content (AvgIpc) is 3.03. The summed E-state index contributed by atoms with van der Waals surface area (Å²) in [5.74, 6) is -0.457. The van der Waals surface area contributed by atoms with Crippen LogP contribution in [0, 0.1) is 20.8 Å². The maximum Gasteiger partial charge on any atom is 0.348 e. The highest BCUT2D eigenvalue weighted by atomic mass is 32.1. The van der Waals surface area contributed by atoms with Crippen LogP contribution in [-0.4, -0.2) is 22.1 Å². The van der Waals surface area contributed by atoms with Gasteiger partial charge in [-0.2, -0.15) is 0 Å². The zero-order valence-corrected chi connectivity index (χ0v) is 17.9. The molecule has 0 saturated carbocycles. The normalized spacial score (nSPS) is 11.3. The number of nitrogens with zero attached hydrogens (tertiary/aromatic N) is 2. The van der Waals surface area contributed by atoms with Gasteiger partial charge in [0.15, 0.2) is 0 Å². The van der Waals surface area contributed by atoms with E-state index in [9.17, 15) is 14.4 Å². The highest BCUT2D eigenvalue weighted by Crippen LogP contribution is 2.28. The summed E-state index contributed by atoms with van der Waals surface area (Å²) in [7, 11) is 0. The third kappa shape index (κ3) is 3.33. The maximum absolute atomic E-state index is 13.2. The standard InChI is InChI=1S/C22H20N2O5S/c1-5-28-22(27)19-13(4)18-20(30-19)23-10-24(21(18)26)9-14-8-17(25)29-16-7-12(3)11(2)6-15(14)16/h6-8,10H,5,9H2,1-4H3. The number of carbonyl (C=O) groups excluding carboxylic acids is 1. The third-order valence-electron chi connectivity index (χ3n) is 5.16. The minimum atomic E-state index is -0.473. The van der Waals surface area contributed by atoms with Crippen molar-refractivity contribution < 1.29 is 13.9 Å². The zero-order chi connectivity index (χ0) is 21.6. The van der Waals surface area contributed by atoms with E-state index in [1.807, 2.05) is 26.0 Å². The first-order chi connectivity index (χ1) is 14.3. The minimum absolute atomic E-state index is 0.163. The molecule has 0 unspecified atom stereocenters. The molecule has 7 nitrogen and oxygen atoms in total. The number of benzene rings is 1. The molecule has 0 amide bonds. The Morgan fingerprint density at radius 1 is 1.17 bits per heavy atom. The molecule has 0 N–H and O–H groups in total. The second-order valence-electron chi connectivity index (χ2n) is 7.16. The van der Waals surface area contributed by atoms with E-state index in [0.29, 0.717) is 31.8 Å². The van der Waals surface area contributed by atoms with Crippen molar-refractivity contribution in [2.75, 3.05) is 6.61 Å². The van der Waals surface area contributed by atoms with Crippen molar-refractivity contribution in [3.8, 4) is 0 Å². The number of thiophene rings is 1. The second-order valence-corrected chi connectivity index (χ2v) is 8.16. The number of carbonyl (C=O) groups is 1. The summed E-state index contributed by atoms with van der Waals surface area (Å²) in [5, 5.41) is 1.17. The molecular formula is C22H20N2O5S. The van der Waals surface area contributed by atoms with Gasteiger partial charge in [0, 0.05) is 11.5 Å². The van der Waals surface area contributed by atoms with Gasteiger partial charge in [-0.05, 0) is 62.1 Å². The average molecular weight is 424 g/mol. The molecule has 4 rings (SSSR count). The van der Waals surface area contributed by atoms with Gasteiger partial charge in [-0.1, -0.05) is 0 Å². The lowest BCUT2D eigenvalue weighted by Gasteiger charge is -2.10. The van der Waals surface area contributed by atoms with E-state index < -0.39 is 11.6 Å². The zero-order valence-electron chi connectivity index (χ0n) is 17.1. The predicted octanol–water partition coefficient (Wildman–Crippen LogP) is 3.71. The van der Waals surface area contributed by atoms with Crippen molar-refractivity contribution in [2.45, 2.75) is 34.2 Å². The Hall–Kier alpha value is -3.26. The molecule has 0 radical (unpaired) electrons. The Kier molecular flexibility index (Phi) is 5.03. The largest absolute Gasteiger partial charge is 0.462 e. The van der Waals surface area contributed by atoms with E-state index in [2.05, 4.69) is 4.98 Å². The lowest BCUT2D eigenvalue weighted by Crippen LogP contribution is -2.22. The van der Waals surface area contributed by atoms with Crippen LogP contribution < -0.4 is 11.2 Å². The molecule has 0 fully saturated rings. The van der Waals surface area contributed by atoms with Crippen molar-refractivity contribution in [1.29, 1.82) is 0 Å². The third-order valence-corrected chi connectivity index (χ3v) is 6.34. The van der Waals surface area contributed by atoms with Crippen LogP contribution in [0.2, 0.25) is 0 Å². The molecule has 154 valence electrons. The van der Waals surface area contributed by atoms with E-state index in [1.165, 1.54) is 17.0 Å². The van der Waals surface area contributed by atoms with E-state index in [0.717, 1.165) is 27.8 Å². The summed E-state index contributed by atoms with van der Waals surface area (Å²) >= 11 is 1.15. The number of aromatic nitrogens is 2. The molecule has 0 bridgehead atoms. The summed E-state index contributed by atoms with van der Waals surface area (Å²) in [4.78, 5) is 42.6. The Balaban J connectivity index is 1.86. The molecule has 0 aliphatic carbocycles. The molecule has 0 atom stereocenters. The van der Waals surface area contributed by atoms with Gasteiger partial charge in [-0.25, -0.2) is 14.6 Å². The van der Waals surface area contributed by atoms with Crippen LogP contribution >= 0.6 is 11.3 Å². The second kappa shape index (κ2) is 7.53. The maximum atomic E-state index is 13.2. The molecule has 3 heterocycles. The fourth-order valence-electron chi connectivity index (χ4n) is 3.46. The summed E-state index contributed by atoms with van der Waals surface area (Å²) in [5.41, 5.74) is 3.05. The van der Waals surface area contributed by atoms with Gasteiger partial charge in [0.2, 0.25) is 0 Å². The van der Waals surface area contributed by atoms with Gasteiger partial charge in [-0.15, -0.1) is 11.3 Å². The van der Waals surface area contributed by atoms with Crippen LogP contribution in [0.15, 0.2) is 38.5 Å². The number of hydrogen-bond donors (Lipinski definition) is 0. The van der Waals surface area contributed by atoms with Crippen molar-refractivity contribution >= 4 is 38.5 Å². The van der Waals surface area contributed by atoms with Gasteiger partial charge in [0.25, 0.3) is 5.56 Å². The Morgan fingerprint density at radius 3 is 2.63 bits per heavy atom. The van der Waals surface area contributed by atoms with E-state index in [1.54, 1.807) is 13.8 Å². The molecule has 0 spiro atoms. The summed E-state index contributed by atoms with van der Waals surface area (Å²) in [6, 6.07) is 5.18. The highest BCUT2D eigenvalue weighted by Gasteiger charge is 2.20. The van der Waals surface area contributed by atoms with Crippen LogP contribution in [0.3, 0.4) is 0 Å². The van der Waals surface area contributed by atoms with E-state index >= 15 is 0 Å². The molecule has 8 heteroatoms. The van der Waals surface area contributed by atoms with Crippen molar-refractivity contribution in [1.82, 2.24) is 9.55 Å². The van der Waals surface area contributed by atoms with Crippen molar-refractivity contribution in [3.05, 3.63) is 72.4 Å². The lowest BCUT2D eigenvalue weighted by molar-refractivity contribution is 0.0531. The van der Waals surface area contributed by atoms with Gasteiger partial charge < -0.3 is 9.15 Å². The van der Waals surface area contributed by atoms with Gasteiger partial charge >= 0.3 is 11.6 Å². The molecule has 4 aromatic rings. The molecule has 30 heavy (non-hydrogen) atoms. The number of fused-ring (bicyclic) bond motifs is 2. The van der Waals surface area contributed by atoms with E-state index in [4.69, 9.17) is 9.15 Å². The first-order valence-corrected chi connectivity index (χ1v) is 10.3. The quantitative estimate of drug-likeness (QED) is 0.366. The Labute approximate surface area is 175 Å². The first-order valence-electron chi connectivity index (χ1n) is 9.49. The number of ether oxygens (including phenoxy) is 1. The SMILES string of the molecule is CCOC(=O)c1sc2ncn(Cc3cc(=O)oc4cc(C)c(C)cc34)c(=O)c2c1C. The number of esters is 1. The fraction of sp³-hybridized carbons (Fsp3) is 0.273. The highest BCUT2D eigenvalue weighted by molar-refractivity contribution is 7.20. The number of rotatable bonds is 4. The molecule has 0 aliphatic rings. The van der Waals surface area contributed by atoms with Gasteiger partial charge in [-0.3, -0.25) is 9.36 Å². The smallest absolute Gasteiger partial charge is 0.348 e. The topological polar surface area (TPSA) is 91.4 Å². The fourth-order valence-corrected chi connectivity index (χ4v) is 4.49. The summed E-state index contributed by atoms with van der Waals surface area (Å²) < 4.78 is 11.9. The molecular weight excluding hydrogens is 404 g/mol. The molecule has 1 aromatic carbocycles. The van der Waals surface area contributed by atoms with Gasteiger partial charge in [0.1, 0.15) is 15.3 Å². The van der Waals surface area contributed by atoms with E-state index in [-0.39, 0.29) is 18.7 Å². The summed E-state index contributed by atoms with van der Waals surface area (Å²) in [6.45, 7) is 7.80. The number of aryl methyl sites for hydroxylation is 3. The first kappa shape index (κ1) is 20.0. The molecule has 3 aromatic heterocycles. The van der Waals surface area contributed by atoms with Crippen molar-refractivity contribution in [2.24, 2.45) is 0 Å². The molecule has 0 aliphatic heterocycles.